The molecule has 1 aliphatic rings. The summed E-state index contributed by atoms with van der Waals surface area (Å²) >= 11 is 7.37. The fourth-order valence-electron chi connectivity index (χ4n) is 2.82. The molecular weight excluding hydrogens is 414 g/mol. The number of nitrogens with zero attached hydrogens (tertiary/aromatic N) is 2. The first-order valence-corrected chi connectivity index (χ1v) is 10.4. The van der Waals surface area contributed by atoms with Crippen LogP contribution in [-0.2, 0) is 10.3 Å². The first-order chi connectivity index (χ1) is 13.7. The van der Waals surface area contributed by atoms with E-state index in [-0.39, 0.29) is 23.1 Å². The Morgan fingerprint density at radius 2 is 2.14 bits per heavy atom. The number of nitrogens with one attached hydrogen (secondary N) is 1. The van der Waals surface area contributed by atoms with Crippen molar-refractivity contribution >= 4 is 34.9 Å². The SMILES string of the molecule is COc1ccc(Cl)cc1C(=O)/N=c1\sn(C(C)(C)C)cc1OC[C@@H]1CCC(=O)N1. The summed E-state index contributed by atoms with van der Waals surface area (Å²) in [7, 11) is 1.49. The number of carbonyl (C=O) groups is 2. The highest BCUT2D eigenvalue weighted by atomic mass is 35.5. The number of halogens is 1. The van der Waals surface area contributed by atoms with Gasteiger partial charge in [0.25, 0.3) is 5.91 Å². The first kappa shape index (κ1) is 21.4. The Morgan fingerprint density at radius 1 is 1.38 bits per heavy atom. The van der Waals surface area contributed by atoms with Crippen molar-refractivity contribution in [1.29, 1.82) is 0 Å². The molecule has 2 heterocycles. The van der Waals surface area contributed by atoms with Gasteiger partial charge >= 0.3 is 0 Å². The molecule has 0 saturated carbocycles. The van der Waals surface area contributed by atoms with Gasteiger partial charge < -0.3 is 14.8 Å². The maximum atomic E-state index is 12.8. The number of hydrogen-bond donors (Lipinski definition) is 1. The number of methoxy groups -OCH3 is 1. The molecule has 1 aliphatic heterocycles. The van der Waals surface area contributed by atoms with Crippen molar-refractivity contribution in [1.82, 2.24) is 9.27 Å². The fourth-order valence-corrected chi connectivity index (χ4v) is 3.93. The zero-order valence-electron chi connectivity index (χ0n) is 16.8. The van der Waals surface area contributed by atoms with Gasteiger partial charge in [-0.3, -0.25) is 13.5 Å². The standard InChI is InChI=1S/C20H24ClN3O4S/c1-20(2,3)24-10-16(28-11-13-6-8-17(25)22-13)19(29-24)23-18(26)14-9-12(21)5-7-15(14)27-4/h5,7,9-10,13H,6,8,11H2,1-4H3,(H,22,25)/b23-19-/t13-/m0/s1. The summed E-state index contributed by atoms with van der Waals surface area (Å²) in [4.78, 5) is 28.5. The average Bonchev–Trinajstić information content (AvgIpc) is 3.25. The van der Waals surface area contributed by atoms with Crippen molar-refractivity contribution in [2.24, 2.45) is 4.99 Å². The van der Waals surface area contributed by atoms with Crippen LogP contribution in [-0.4, -0.2) is 35.5 Å². The molecule has 7 nitrogen and oxygen atoms in total. The number of carbonyl (C=O) groups excluding carboxylic acids is 2. The van der Waals surface area contributed by atoms with Gasteiger partial charge in [0, 0.05) is 17.0 Å². The van der Waals surface area contributed by atoms with E-state index < -0.39 is 5.91 Å². The summed E-state index contributed by atoms with van der Waals surface area (Å²) in [5.41, 5.74) is 0.0827. The molecule has 29 heavy (non-hydrogen) atoms. The molecule has 1 aromatic heterocycles. The maximum absolute atomic E-state index is 12.8. The predicted molar refractivity (Wildman–Crippen MR) is 112 cm³/mol. The van der Waals surface area contributed by atoms with Crippen LogP contribution in [0.3, 0.4) is 0 Å². The monoisotopic (exact) mass is 437 g/mol. The van der Waals surface area contributed by atoms with Crippen LogP contribution in [0.15, 0.2) is 29.4 Å². The van der Waals surface area contributed by atoms with Crippen LogP contribution in [0.5, 0.6) is 11.5 Å². The minimum Gasteiger partial charge on any atom is -0.496 e. The summed E-state index contributed by atoms with van der Waals surface area (Å²) in [6, 6.07) is 4.78. The molecule has 0 radical (unpaired) electrons. The lowest BCUT2D eigenvalue weighted by atomic mass is 10.1. The van der Waals surface area contributed by atoms with E-state index >= 15 is 0 Å². The summed E-state index contributed by atoms with van der Waals surface area (Å²) in [6.07, 6.45) is 3.07. The third kappa shape index (κ3) is 5.19. The molecule has 0 spiro atoms. The second kappa shape index (κ2) is 8.59. The molecule has 1 fully saturated rings. The highest BCUT2D eigenvalue weighted by molar-refractivity contribution is 7.04. The van der Waals surface area contributed by atoms with Crippen LogP contribution < -0.4 is 19.5 Å². The third-order valence-electron chi connectivity index (χ3n) is 4.41. The minimum atomic E-state index is -0.466. The van der Waals surface area contributed by atoms with Gasteiger partial charge in [0.1, 0.15) is 12.4 Å². The van der Waals surface area contributed by atoms with Gasteiger partial charge in [-0.1, -0.05) is 11.6 Å². The van der Waals surface area contributed by atoms with Gasteiger partial charge in [-0.2, -0.15) is 4.99 Å². The molecule has 0 unspecified atom stereocenters. The number of rotatable bonds is 5. The van der Waals surface area contributed by atoms with E-state index in [9.17, 15) is 9.59 Å². The molecule has 1 atom stereocenters. The van der Waals surface area contributed by atoms with Crippen molar-refractivity contribution in [3.05, 3.63) is 39.7 Å². The van der Waals surface area contributed by atoms with E-state index in [0.717, 1.165) is 6.42 Å². The molecule has 9 heteroatoms. The van der Waals surface area contributed by atoms with Crippen LogP contribution in [0.4, 0.5) is 0 Å². The van der Waals surface area contributed by atoms with Crippen molar-refractivity contribution in [3.63, 3.8) is 0 Å². The largest absolute Gasteiger partial charge is 0.496 e. The Balaban J connectivity index is 1.94. The number of amides is 2. The average molecular weight is 438 g/mol. The zero-order valence-corrected chi connectivity index (χ0v) is 18.4. The van der Waals surface area contributed by atoms with Gasteiger partial charge in [0.05, 0.1) is 24.9 Å². The van der Waals surface area contributed by atoms with Crippen LogP contribution in [0.1, 0.15) is 44.0 Å². The Labute approximate surface area is 178 Å². The van der Waals surface area contributed by atoms with Crippen LogP contribution in [0, 0.1) is 0 Å². The quantitative estimate of drug-likeness (QED) is 0.777. The minimum absolute atomic E-state index is 0.0295. The van der Waals surface area contributed by atoms with Crippen LogP contribution >= 0.6 is 23.1 Å². The molecule has 3 rings (SSSR count). The first-order valence-electron chi connectivity index (χ1n) is 9.25. The summed E-state index contributed by atoms with van der Waals surface area (Å²) in [5.74, 6) is 0.466. The highest BCUT2D eigenvalue weighted by Gasteiger charge is 2.23. The Hall–Kier alpha value is -2.32. The molecule has 1 N–H and O–H groups in total. The van der Waals surface area contributed by atoms with Crippen molar-refractivity contribution in [3.8, 4) is 11.5 Å². The number of benzene rings is 1. The van der Waals surface area contributed by atoms with Gasteiger partial charge in [-0.15, -0.1) is 0 Å². The predicted octanol–water partition coefficient (Wildman–Crippen LogP) is 3.37. The third-order valence-corrected chi connectivity index (χ3v) is 5.96. The fraction of sp³-hybridized carbons (Fsp3) is 0.450. The molecule has 1 saturated heterocycles. The second-order valence-corrected chi connectivity index (χ2v) is 9.16. The molecule has 1 aromatic carbocycles. The molecular formula is C20H24ClN3O4S. The molecule has 2 amide bonds. The van der Waals surface area contributed by atoms with Gasteiger partial charge in [0.15, 0.2) is 10.4 Å². The van der Waals surface area contributed by atoms with E-state index in [4.69, 9.17) is 21.1 Å². The molecule has 2 aromatic rings. The Bertz CT molecular complexity index is 990. The van der Waals surface area contributed by atoms with Crippen molar-refractivity contribution < 1.29 is 19.1 Å². The van der Waals surface area contributed by atoms with Crippen molar-refractivity contribution in [2.45, 2.75) is 45.2 Å². The second-order valence-electron chi connectivity index (χ2n) is 7.76. The lowest BCUT2D eigenvalue weighted by molar-refractivity contribution is -0.119. The lowest BCUT2D eigenvalue weighted by Crippen LogP contribution is -2.31. The van der Waals surface area contributed by atoms with Crippen molar-refractivity contribution in [2.75, 3.05) is 13.7 Å². The van der Waals surface area contributed by atoms with Crippen LogP contribution in [0.2, 0.25) is 5.02 Å². The molecule has 0 aliphatic carbocycles. The number of aromatic nitrogens is 1. The van der Waals surface area contributed by atoms with E-state index in [1.165, 1.54) is 24.7 Å². The number of hydrogen-bond acceptors (Lipinski definition) is 5. The zero-order chi connectivity index (χ0) is 21.2. The van der Waals surface area contributed by atoms with E-state index in [0.29, 0.717) is 34.2 Å². The van der Waals surface area contributed by atoms with Gasteiger partial charge in [0.2, 0.25) is 5.91 Å². The van der Waals surface area contributed by atoms with E-state index in [1.807, 2.05) is 10.2 Å². The van der Waals surface area contributed by atoms with E-state index in [1.54, 1.807) is 12.1 Å². The smallest absolute Gasteiger partial charge is 0.282 e. The van der Waals surface area contributed by atoms with Gasteiger partial charge in [-0.05, 0) is 56.9 Å². The summed E-state index contributed by atoms with van der Waals surface area (Å²) < 4.78 is 13.6. The summed E-state index contributed by atoms with van der Waals surface area (Å²) in [5, 5.41) is 3.30. The van der Waals surface area contributed by atoms with Gasteiger partial charge in [-0.25, -0.2) is 0 Å². The molecule has 156 valence electrons. The normalized spacial score (nSPS) is 17.3. The lowest BCUT2D eigenvalue weighted by Gasteiger charge is -2.19. The maximum Gasteiger partial charge on any atom is 0.282 e. The van der Waals surface area contributed by atoms with Crippen LogP contribution in [0.25, 0.3) is 0 Å². The summed E-state index contributed by atoms with van der Waals surface area (Å²) in [6.45, 7) is 6.48. The number of ether oxygens (including phenoxy) is 2. The van der Waals surface area contributed by atoms with E-state index in [2.05, 4.69) is 31.1 Å². The molecule has 0 bridgehead atoms. The Morgan fingerprint density at radius 3 is 2.76 bits per heavy atom. The highest BCUT2D eigenvalue weighted by Crippen LogP contribution is 2.24. The topological polar surface area (TPSA) is 81.9 Å². The Kier molecular flexibility index (Phi) is 6.33.